The molecule has 0 bridgehead atoms. The predicted molar refractivity (Wildman–Crippen MR) is 65.5 cm³/mol. The number of hydrogen-bond donors (Lipinski definition) is 1. The van der Waals surface area contributed by atoms with E-state index in [1.165, 1.54) is 17.4 Å². The van der Waals surface area contributed by atoms with Crippen molar-refractivity contribution in [3.05, 3.63) is 24.0 Å². The first kappa shape index (κ1) is 10.7. The molecule has 1 N–H and O–H groups in total. The maximum absolute atomic E-state index is 13.4. The van der Waals surface area contributed by atoms with Crippen LogP contribution in [0.25, 0.3) is 10.2 Å². The molecule has 3 rings (SSSR count). The third-order valence-electron chi connectivity index (χ3n) is 3.08. The number of para-hydroxylation sites is 1. The highest BCUT2D eigenvalue weighted by atomic mass is 32.1. The van der Waals surface area contributed by atoms with Crippen LogP contribution in [0.1, 0.15) is 19.3 Å². The zero-order chi connectivity index (χ0) is 11.8. The van der Waals surface area contributed by atoms with Crippen LogP contribution in [0.2, 0.25) is 0 Å². The summed E-state index contributed by atoms with van der Waals surface area (Å²) in [7, 11) is 0. The fourth-order valence-electron chi connectivity index (χ4n) is 1.85. The molecule has 3 nitrogen and oxygen atoms in total. The summed E-state index contributed by atoms with van der Waals surface area (Å²) in [6.07, 6.45) is 3.02. The van der Waals surface area contributed by atoms with Gasteiger partial charge in [0.15, 0.2) is 5.13 Å². The fourth-order valence-corrected chi connectivity index (χ4v) is 2.73. The SMILES string of the molecule is O=C(Nc1nc2c(F)cccc2s1)C1CCC1. The number of halogens is 1. The lowest BCUT2D eigenvalue weighted by Crippen LogP contribution is -2.27. The summed E-state index contributed by atoms with van der Waals surface area (Å²) >= 11 is 1.31. The van der Waals surface area contributed by atoms with Crippen LogP contribution in [0.4, 0.5) is 9.52 Å². The third-order valence-corrected chi connectivity index (χ3v) is 4.01. The molecule has 1 aliphatic carbocycles. The van der Waals surface area contributed by atoms with Crippen LogP contribution in [-0.4, -0.2) is 10.9 Å². The van der Waals surface area contributed by atoms with E-state index in [0.29, 0.717) is 10.6 Å². The number of carbonyl (C=O) groups is 1. The average Bonchev–Trinajstić information content (AvgIpc) is 2.58. The summed E-state index contributed by atoms with van der Waals surface area (Å²) in [6, 6.07) is 4.82. The van der Waals surface area contributed by atoms with E-state index >= 15 is 0 Å². The second-order valence-electron chi connectivity index (χ2n) is 4.22. The molecule has 0 saturated heterocycles. The second kappa shape index (κ2) is 4.07. The van der Waals surface area contributed by atoms with E-state index in [4.69, 9.17) is 0 Å². The summed E-state index contributed by atoms with van der Waals surface area (Å²) < 4.78 is 14.2. The number of rotatable bonds is 2. The number of nitrogens with one attached hydrogen (secondary N) is 1. The van der Waals surface area contributed by atoms with Crippen molar-refractivity contribution >= 4 is 32.6 Å². The first-order valence-electron chi connectivity index (χ1n) is 5.60. The summed E-state index contributed by atoms with van der Waals surface area (Å²) in [5, 5.41) is 3.25. The van der Waals surface area contributed by atoms with Gasteiger partial charge in [0, 0.05) is 5.92 Å². The standard InChI is InChI=1S/C12H11FN2OS/c13-8-5-2-6-9-10(8)14-12(17-9)15-11(16)7-3-1-4-7/h2,5-7H,1,3-4H2,(H,14,15,16). The quantitative estimate of drug-likeness (QED) is 0.889. The van der Waals surface area contributed by atoms with Crippen LogP contribution < -0.4 is 5.32 Å². The second-order valence-corrected chi connectivity index (χ2v) is 5.25. The van der Waals surface area contributed by atoms with Gasteiger partial charge < -0.3 is 5.32 Å². The van der Waals surface area contributed by atoms with Gasteiger partial charge in [0.25, 0.3) is 0 Å². The number of aromatic nitrogens is 1. The smallest absolute Gasteiger partial charge is 0.229 e. The highest BCUT2D eigenvalue weighted by molar-refractivity contribution is 7.22. The van der Waals surface area contributed by atoms with E-state index < -0.39 is 0 Å². The Labute approximate surface area is 102 Å². The molecule has 1 heterocycles. The van der Waals surface area contributed by atoms with Crippen molar-refractivity contribution in [3.8, 4) is 0 Å². The maximum atomic E-state index is 13.4. The molecule has 1 amide bonds. The molecule has 0 aliphatic heterocycles. The first-order chi connectivity index (χ1) is 8.24. The van der Waals surface area contributed by atoms with Gasteiger partial charge in [-0.25, -0.2) is 9.37 Å². The highest BCUT2D eigenvalue weighted by Gasteiger charge is 2.25. The molecule has 1 fully saturated rings. The minimum Gasteiger partial charge on any atom is -0.302 e. The minimum absolute atomic E-state index is 0.00992. The Morgan fingerprint density at radius 1 is 1.47 bits per heavy atom. The third kappa shape index (κ3) is 1.91. The van der Waals surface area contributed by atoms with Gasteiger partial charge in [-0.05, 0) is 25.0 Å². The molecule has 1 saturated carbocycles. The summed E-state index contributed by atoms with van der Waals surface area (Å²) in [5.41, 5.74) is 0.335. The normalized spacial score (nSPS) is 15.8. The number of nitrogens with zero attached hydrogens (tertiary/aromatic N) is 1. The number of amides is 1. The van der Waals surface area contributed by atoms with Crippen molar-refractivity contribution in [3.63, 3.8) is 0 Å². The lowest BCUT2D eigenvalue weighted by molar-refractivity contribution is -0.122. The van der Waals surface area contributed by atoms with Crippen molar-refractivity contribution in [2.45, 2.75) is 19.3 Å². The number of fused-ring (bicyclic) bond motifs is 1. The Balaban J connectivity index is 1.85. The Morgan fingerprint density at radius 2 is 2.29 bits per heavy atom. The van der Waals surface area contributed by atoms with E-state index in [-0.39, 0.29) is 17.6 Å². The topological polar surface area (TPSA) is 42.0 Å². The lowest BCUT2D eigenvalue weighted by Gasteiger charge is -2.23. The summed E-state index contributed by atoms with van der Waals surface area (Å²) in [4.78, 5) is 15.8. The van der Waals surface area contributed by atoms with Crippen molar-refractivity contribution in [2.75, 3.05) is 5.32 Å². The molecular formula is C12H11FN2OS. The molecule has 0 atom stereocenters. The monoisotopic (exact) mass is 250 g/mol. The van der Waals surface area contributed by atoms with Gasteiger partial charge in [-0.1, -0.05) is 23.8 Å². The Kier molecular flexibility index (Phi) is 2.55. The molecular weight excluding hydrogens is 239 g/mol. The molecule has 17 heavy (non-hydrogen) atoms. The summed E-state index contributed by atoms with van der Waals surface area (Å²) in [6.45, 7) is 0. The van der Waals surface area contributed by atoms with Gasteiger partial charge >= 0.3 is 0 Å². The van der Waals surface area contributed by atoms with E-state index in [9.17, 15) is 9.18 Å². The van der Waals surface area contributed by atoms with Gasteiger partial charge in [-0.3, -0.25) is 4.79 Å². The van der Waals surface area contributed by atoms with Crippen molar-refractivity contribution in [1.29, 1.82) is 0 Å². The molecule has 0 spiro atoms. The predicted octanol–water partition coefficient (Wildman–Crippen LogP) is 3.17. The lowest BCUT2D eigenvalue weighted by atomic mass is 9.85. The summed E-state index contributed by atoms with van der Waals surface area (Å²) in [5.74, 6) is -0.217. The number of thiazole rings is 1. The maximum Gasteiger partial charge on any atom is 0.229 e. The zero-order valence-electron chi connectivity index (χ0n) is 9.07. The van der Waals surface area contributed by atoms with Gasteiger partial charge in [0.05, 0.1) is 4.70 Å². The number of benzene rings is 1. The number of carbonyl (C=O) groups excluding carboxylic acids is 1. The zero-order valence-corrected chi connectivity index (χ0v) is 9.89. The molecule has 0 radical (unpaired) electrons. The minimum atomic E-state index is -0.345. The van der Waals surface area contributed by atoms with Gasteiger partial charge in [0.1, 0.15) is 11.3 Å². The fraction of sp³-hybridized carbons (Fsp3) is 0.333. The van der Waals surface area contributed by atoms with Crippen molar-refractivity contribution in [2.24, 2.45) is 5.92 Å². The van der Waals surface area contributed by atoms with Crippen molar-refractivity contribution < 1.29 is 9.18 Å². The van der Waals surface area contributed by atoms with Gasteiger partial charge in [-0.2, -0.15) is 0 Å². The Bertz CT molecular complexity index is 577. The Morgan fingerprint density at radius 3 is 2.94 bits per heavy atom. The van der Waals surface area contributed by atoms with Gasteiger partial charge in [-0.15, -0.1) is 0 Å². The molecule has 5 heteroatoms. The number of hydrogen-bond acceptors (Lipinski definition) is 3. The van der Waals surface area contributed by atoms with Crippen LogP contribution in [0, 0.1) is 11.7 Å². The molecule has 1 aromatic heterocycles. The van der Waals surface area contributed by atoms with Crippen LogP contribution in [-0.2, 0) is 4.79 Å². The molecule has 88 valence electrons. The molecule has 1 aromatic carbocycles. The van der Waals surface area contributed by atoms with E-state index in [2.05, 4.69) is 10.3 Å². The van der Waals surface area contributed by atoms with Gasteiger partial charge in [0.2, 0.25) is 5.91 Å². The van der Waals surface area contributed by atoms with Crippen LogP contribution in [0.3, 0.4) is 0 Å². The van der Waals surface area contributed by atoms with Crippen LogP contribution in [0.5, 0.6) is 0 Å². The number of anilines is 1. The Hall–Kier alpha value is -1.49. The molecule has 1 aliphatic rings. The van der Waals surface area contributed by atoms with Crippen LogP contribution in [0.15, 0.2) is 18.2 Å². The largest absolute Gasteiger partial charge is 0.302 e. The van der Waals surface area contributed by atoms with E-state index in [1.54, 1.807) is 12.1 Å². The highest BCUT2D eigenvalue weighted by Crippen LogP contribution is 2.31. The molecule has 2 aromatic rings. The molecule has 0 unspecified atom stereocenters. The van der Waals surface area contributed by atoms with E-state index in [1.807, 2.05) is 0 Å². The first-order valence-corrected chi connectivity index (χ1v) is 6.41. The van der Waals surface area contributed by atoms with Crippen molar-refractivity contribution in [1.82, 2.24) is 4.98 Å². The van der Waals surface area contributed by atoms with E-state index in [0.717, 1.165) is 24.0 Å². The average molecular weight is 250 g/mol. The van der Waals surface area contributed by atoms with Crippen LogP contribution >= 0.6 is 11.3 Å².